The van der Waals surface area contributed by atoms with Crippen LogP contribution in [0, 0.1) is 0 Å². The minimum atomic E-state index is -0.494. The van der Waals surface area contributed by atoms with E-state index in [0.717, 1.165) is 25.5 Å². The Bertz CT molecular complexity index is 276. The highest BCUT2D eigenvalue weighted by atomic mass is 15.3. The molecule has 0 saturated carbocycles. The van der Waals surface area contributed by atoms with Crippen LogP contribution in [0.25, 0.3) is 0 Å². The fraction of sp³-hybridized carbons (Fsp3) is 0.700. The molecule has 0 bridgehead atoms. The van der Waals surface area contributed by atoms with E-state index < -0.39 is 5.66 Å². The lowest BCUT2D eigenvalue weighted by molar-refractivity contribution is 0.453. The van der Waals surface area contributed by atoms with Crippen molar-refractivity contribution in [2.45, 2.75) is 31.5 Å². The van der Waals surface area contributed by atoms with Gasteiger partial charge in [0.05, 0.1) is 6.04 Å². The summed E-state index contributed by atoms with van der Waals surface area (Å²) in [6.07, 6.45) is 6.05. The van der Waals surface area contributed by atoms with Crippen molar-refractivity contribution in [3.05, 3.63) is 12.3 Å². The molecule has 0 radical (unpaired) electrons. The number of nitrogens with one attached hydrogen (secondary N) is 3. The molecule has 2 rings (SSSR count). The molecule has 1 fully saturated rings. The van der Waals surface area contributed by atoms with Gasteiger partial charge >= 0.3 is 0 Å². The van der Waals surface area contributed by atoms with E-state index in [9.17, 15) is 0 Å². The highest BCUT2D eigenvalue weighted by Gasteiger charge is 2.20. The van der Waals surface area contributed by atoms with Gasteiger partial charge < -0.3 is 21.7 Å². The van der Waals surface area contributed by atoms with Crippen molar-refractivity contribution in [1.29, 1.82) is 0 Å². The van der Waals surface area contributed by atoms with Gasteiger partial charge in [0.1, 0.15) is 5.66 Å². The van der Waals surface area contributed by atoms with Crippen molar-refractivity contribution in [3.63, 3.8) is 0 Å². The molecule has 0 spiro atoms. The summed E-state index contributed by atoms with van der Waals surface area (Å²) in [5.74, 6) is 0.774. The summed E-state index contributed by atoms with van der Waals surface area (Å²) in [5.41, 5.74) is 5.45. The van der Waals surface area contributed by atoms with Crippen molar-refractivity contribution in [1.82, 2.24) is 16.0 Å². The van der Waals surface area contributed by atoms with Crippen LogP contribution in [0.4, 0.5) is 0 Å². The predicted octanol–water partition coefficient (Wildman–Crippen LogP) is -0.524. The Labute approximate surface area is 90.2 Å². The van der Waals surface area contributed by atoms with E-state index in [2.05, 4.69) is 20.9 Å². The van der Waals surface area contributed by atoms with Crippen LogP contribution in [0.1, 0.15) is 19.8 Å². The Kier molecular flexibility index (Phi) is 2.93. The van der Waals surface area contributed by atoms with Gasteiger partial charge in [0.25, 0.3) is 0 Å². The lowest BCUT2D eigenvalue weighted by atomic mass is 10.1. The van der Waals surface area contributed by atoms with Crippen LogP contribution in [-0.4, -0.2) is 30.8 Å². The van der Waals surface area contributed by atoms with Gasteiger partial charge in [-0.1, -0.05) is 0 Å². The molecule has 5 heteroatoms. The van der Waals surface area contributed by atoms with E-state index in [1.54, 1.807) is 0 Å². The molecule has 15 heavy (non-hydrogen) atoms. The van der Waals surface area contributed by atoms with Gasteiger partial charge in [-0.3, -0.25) is 0 Å². The molecule has 84 valence electrons. The van der Waals surface area contributed by atoms with Gasteiger partial charge in [-0.15, -0.1) is 0 Å². The summed E-state index contributed by atoms with van der Waals surface area (Å²) in [7, 11) is 0. The minimum Gasteiger partial charge on any atom is -0.335 e. The van der Waals surface area contributed by atoms with Crippen molar-refractivity contribution >= 4 is 5.96 Å². The number of guanidine groups is 1. The van der Waals surface area contributed by atoms with E-state index in [1.807, 2.05) is 19.2 Å². The second-order valence-corrected chi connectivity index (χ2v) is 4.36. The number of hydrogen-bond acceptors (Lipinski definition) is 3. The predicted molar refractivity (Wildman–Crippen MR) is 61.3 cm³/mol. The van der Waals surface area contributed by atoms with E-state index in [1.165, 1.54) is 6.42 Å². The van der Waals surface area contributed by atoms with Crippen molar-refractivity contribution in [3.8, 4) is 0 Å². The van der Waals surface area contributed by atoms with Crippen LogP contribution in [0.5, 0.6) is 0 Å². The third-order valence-corrected chi connectivity index (χ3v) is 2.62. The zero-order valence-corrected chi connectivity index (χ0v) is 9.09. The van der Waals surface area contributed by atoms with Gasteiger partial charge in [-0.05, 0) is 32.4 Å². The van der Waals surface area contributed by atoms with E-state index in [4.69, 9.17) is 5.73 Å². The standard InChI is InChI=1S/C10H19N5/c1-10(11)4-6-13-9(15-10)14-8-3-2-5-12-7-8/h4,6,8,12H,2-3,5,7,11H2,1H3,(H2,13,14,15). The lowest BCUT2D eigenvalue weighted by Crippen LogP contribution is -2.58. The van der Waals surface area contributed by atoms with Crippen molar-refractivity contribution in [2.75, 3.05) is 13.1 Å². The summed E-state index contributed by atoms with van der Waals surface area (Å²) in [6, 6.07) is 0.357. The molecule has 2 aliphatic rings. The summed E-state index contributed by atoms with van der Waals surface area (Å²) in [5, 5.41) is 9.55. The number of piperidine rings is 1. The topological polar surface area (TPSA) is 74.5 Å². The van der Waals surface area contributed by atoms with Crippen LogP contribution in [0.3, 0.4) is 0 Å². The molecule has 2 aliphatic heterocycles. The maximum atomic E-state index is 5.94. The molecule has 5 nitrogen and oxygen atoms in total. The lowest BCUT2D eigenvalue weighted by Gasteiger charge is -2.29. The second kappa shape index (κ2) is 4.20. The second-order valence-electron chi connectivity index (χ2n) is 4.36. The van der Waals surface area contributed by atoms with E-state index in [-0.39, 0.29) is 0 Å². The van der Waals surface area contributed by atoms with Gasteiger partial charge in [0.15, 0.2) is 5.96 Å². The van der Waals surface area contributed by atoms with E-state index >= 15 is 0 Å². The third-order valence-electron chi connectivity index (χ3n) is 2.62. The number of hydrogen-bond donors (Lipinski definition) is 4. The molecule has 2 heterocycles. The minimum absolute atomic E-state index is 0.357. The Morgan fingerprint density at radius 1 is 1.60 bits per heavy atom. The molecule has 2 unspecified atom stereocenters. The summed E-state index contributed by atoms with van der Waals surface area (Å²) in [4.78, 5) is 4.59. The summed E-state index contributed by atoms with van der Waals surface area (Å²) >= 11 is 0. The first-order valence-corrected chi connectivity index (χ1v) is 5.45. The summed E-state index contributed by atoms with van der Waals surface area (Å²) in [6.45, 7) is 3.98. The maximum Gasteiger partial charge on any atom is 0.197 e. The molecule has 0 aliphatic carbocycles. The number of nitrogens with zero attached hydrogens (tertiary/aromatic N) is 1. The molecular weight excluding hydrogens is 190 g/mol. The van der Waals surface area contributed by atoms with Gasteiger partial charge in [-0.2, -0.15) is 0 Å². The molecule has 2 atom stereocenters. The van der Waals surface area contributed by atoms with Gasteiger partial charge in [-0.25, -0.2) is 4.99 Å². The van der Waals surface area contributed by atoms with Crippen LogP contribution >= 0.6 is 0 Å². The first-order valence-electron chi connectivity index (χ1n) is 5.45. The molecule has 0 aromatic rings. The van der Waals surface area contributed by atoms with Gasteiger partial charge in [0.2, 0.25) is 0 Å². The highest BCUT2D eigenvalue weighted by Crippen LogP contribution is 2.07. The fourth-order valence-corrected chi connectivity index (χ4v) is 1.82. The first-order chi connectivity index (χ1) is 7.16. The first kappa shape index (κ1) is 10.4. The van der Waals surface area contributed by atoms with Crippen molar-refractivity contribution in [2.24, 2.45) is 10.7 Å². The number of aliphatic imine (C=N–C) groups is 1. The Balaban J connectivity index is 1.98. The Morgan fingerprint density at radius 2 is 2.47 bits per heavy atom. The van der Waals surface area contributed by atoms with E-state index in [0.29, 0.717) is 6.04 Å². The maximum absolute atomic E-state index is 5.94. The van der Waals surface area contributed by atoms with Crippen LogP contribution in [-0.2, 0) is 0 Å². The SMILES string of the molecule is CC1(N)C=CNC(=NC2CCCNC2)N1. The zero-order chi connectivity index (χ0) is 10.7. The quantitative estimate of drug-likeness (QED) is 0.469. The van der Waals surface area contributed by atoms with Crippen LogP contribution in [0.15, 0.2) is 17.3 Å². The van der Waals surface area contributed by atoms with Crippen LogP contribution in [0.2, 0.25) is 0 Å². The molecular formula is C10H19N5. The Morgan fingerprint density at radius 3 is 3.13 bits per heavy atom. The molecule has 0 amide bonds. The average Bonchev–Trinajstić information content (AvgIpc) is 2.17. The Hall–Kier alpha value is -1.07. The summed E-state index contributed by atoms with van der Waals surface area (Å²) < 4.78 is 0. The van der Waals surface area contributed by atoms with Crippen LogP contribution < -0.4 is 21.7 Å². The smallest absolute Gasteiger partial charge is 0.197 e. The zero-order valence-electron chi connectivity index (χ0n) is 9.09. The fourth-order valence-electron chi connectivity index (χ4n) is 1.82. The monoisotopic (exact) mass is 209 g/mol. The molecule has 1 saturated heterocycles. The van der Waals surface area contributed by atoms with Crippen molar-refractivity contribution < 1.29 is 0 Å². The normalized spacial score (nSPS) is 38.5. The number of nitrogens with two attached hydrogens (primary N) is 1. The molecule has 0 aromatic carbocycles. The number of rotatable bonds is 1. The molecule has 5 N–H and O–H groups in total. The largest absolute Gasteiger partial charge is 0.335 e. The third kappa shape index (κ3) is 2.94. The highest BCUT2D eigenvalue weighted by molar-refractivity contribution is 5.83. The average molecular weight is 209 g/mol. The molecule has 0 aromatic heterocycles. The van der Waals surface area contributed by atoms with Gasteiger partial charge in [0, 0.05) is 12.7 Å².